The summed E-state index contributed by atoms with van der Waals surface area (Å²) >= 11 is 0. The fourth-order valence-electron chi connectivity index (χ4n) is 3.64. The molecule has 4 heteroatoms. The Balaban J connectivity index is 1.88. The van der Waals surface area contributed by atoms with Crippen molar-refractivity contribution in [1.82, 2.24) is 9.80 Å². The molecule has 1 amide bonds. The van der Waals surface area contributed by atoms with Crippen molar-refractivity contribution in [2.45, 2.75) is 60.9 Å². The van der Waals surface area contributed by atoms with Crippen molar-refractivity contribution in [1.29, 1.82) is 0 Å². The molecule has 1 fully saturated rings. The predicted molar refractivity (Wildman–Crippen MR) is 111 cm³/mol. The van der Waals surface area contributed by atoms with Crippen LogP contribution in [0.3, 0.4) is 0 Å². The normalized spacial score (nSPS) is 18.0. The highest BCUT2D eigenvalue weighted by atomic mass is 16.2. The average Bonchev–Trinajstić information content (AvgIpc) is 2.55. The molecule has 4 nitrogen and oxygen atoms in total. The summed E-state index contributed by atoms with van der Waals surface area (Å²) in [6.45, 7) is 20.3. The number of amides is 1. The summed E-state index contributed by atoms with van der Waals surface area (Å²) in [6.07, 6.45) is 1.22. The van der Waals surface area contributed by atoms with Crippen LogP contribution in [-0.4, -0.2) is 54.5 Å². The van der Waals surface area contributed by atoms with Crippen LogP contribution in [0.1, 0.15) is 50.8 Å². The molecule has 0 spiro atoms. The Morgan fingerprint density at radius 1 is 1.08 bits per heavy atom. The summed E-state index contributed by atoms with van der Waals surface area (Å²) in [5.41, 5.74) is 4.85. The maximum atomic E-state index is 12.8. The molecule has 1 atom stereocenters. The van der Waals surface area contributed by atoms with E-state index in [1.807, 2.05) is 6.92 Å². The number of carbonyl (C=O) groups is 1. The second kappa shape index (κ2) is 8.53. The van der Waals surface area contributed by atoms with Crippen molar-refractivity contribution in [2.75, 3.05) is 38.0 Å². The first kappa shape index (κ1) is 20.9. The van der Waals surface area contributed by atoms with Gasteiger partial charge in [-0.1, -0.05) is 38.5 Å². The smallest absolute Gasteiger partial charge is 0.241 e. The third-order valence-corrected chi connectivity index (χ3v) is 5.44. The highest BCUT2D eigenvalue weighted by molar-refractivity contribution is 5.96. The molecular weight excluding hydrogens is 322 g/mol. The second-order valence-electron chi connectivity index (χ2n) is 9.13. The molecular formula is C22H37N3O. The topological polar surface area (TPSA) is 35.6 Å². The number of hydrogen-bond donors (Lipinski definition) is 1. The van der Waals surface area contributed by atoms with Crippen LogP contribution in [0.4, 0.5) is 5.69 Å². The van der Waals surface area contributed by atoms with E-state index in [0.29, 0.717) is 5.41 Å². The van der Waals surface area contributed by atoms with Gasteiger partial charge in [0.05, 0.1) is 6.04 Å². The molecule has 1 aromatic carbocycles. The minimum atomic E-state index is -0.0973. The van der Waals surface area contributed by atoms with Crippen molar-refractivity contribution < 1.29 is 4.79 Å². The van der Waals surface area contributed by atoms with Gasteiger partial charge in [-0.05, 0) is 57.2 Å². The number of nitrogens with zero attached hydrogens (tertiary/aromatic N) is 2. The van der Waals surface area contributed by atoms with E-state index in [1.165, 1.54) is 12.0 Å². The fourth-order valence-corrected chi connectivity index (χ4v) is 3.64. The zero-order chi connectivity index (χ0) is 19.5. The van der Waals surface area contributed by atoms with Gasteiger partial charge >= 0.3 is 0 Å². The van der Waals surface area contributed by atoms with Crippen LogP contribution in [0.25, 0.3) is 0 Å². The van der Waals surface area contributed by atoms with Crippen molar-refractivity contribution in [2.24, 2.45) is 5.41 Å². The van der Waals surface area contributed by atoms with Crippen LogP contribution in [0, 0.1) is 26.2 Å². The highest BCUT2D eigenvalue weighted by Crippen LogP contribution is 2.23. The molecule has 1 aliphatic rings. The summed E-state index contributed by atoms with van der Waals surface area (Å²) in [6, 6.07) is 4.16. The molecule has 1 aliphatic heterocycles. The Labute approximate surface area is 159 Å². The molecule has 0 radical (unpaired) electrons. The molecule has 26 heavy (non-hydrogen) atoms. The number of aryl methyl sites for hydroxylation is 3. The summed E-state index contributed by atoms with van der Waals surface area (Å²) in [5.74, 6) is 0.100. The maximum absolute atomic E-state index is 12.8. The minimum Gasteiger partial charge on any atom is -0.324 e. The average molecular weight is 360 g/mol. The lowest BCUT2D eigenvalue weighted by Gasteiger charge is -2.38. The van der Waals surface area contributed by atoms with Crippen LogP contribution in [0.5, 0.6) is 0 Å². The van der Waals surface area contributed by atoms with Crippen LogP contribution in [-0.2, 0) is 4.79 Å². The number of piperazine rings is 1. The van der Waals surface area contributed by atoms with Gasteiger partial charge in [-0.15, -0.1) is 0 Å². The first-order chi connectivity index (χ1) is 12.1. The molecule has 1 heterocycles. The van der Waals surface area contributed by atoms with Crippen LogP contribution in [0.15, 0.2) is 12.1 Å². The number of nitrogens with one attached hydrogen (secondary N) is 1. The lowest BCUT2D eigenvalue weighted by Crippen LogP contribution is -2.53. The lowest BCUT2D eigenvalue weighted by molar-refractivity contribution is -0.121. The molecule has 1 N–H and O–H groups in total. The van der Waals surface area contributed by atoms with Crippen LogP contribution >= 0.6 is 0 Å². The van der Waals surface area contributed by atoms with Gasteiger partial charge in [0.25, 0.3) is 0 Å². The van der Waals surface area contributed by atoms with Gasteiger partial charge in [-0.2, -0.15) is 0 Å². The maximum Gasteiger partial charge on any atom is 0.241 e. The zero-order valence-electron chi connectivity index (χ0n) is 17.8. The Hall–Kier alpha value is -1.39. The van der Waals surface area contributed by atoms with E-state index in [0.717, 1.165) is 49.5 Å². The largest absolute Gasteiger partial charge is 0.324 e. The van der Waals surface area contributed by atoms with E-state index in [2.05, 4.69) is 68.8 Å². The Bertz CT molecular complexity index is 602. The summed E-state index contributed by atoms with van der Waals surface area (Å²) < 4.78 is 0. The molecule has 1 aromatic rings. The number of benzene rings is 1. The minimum absolute atomic E-state index is 0.0973. The SMILES string of the molecule is Cc1cc(C)c(NC(=O)C(C)N2CCN(CCC(C)(C)C)CC2)c(C)c1. The van der Waals surface area contributed by atoms with Gasteiger partial charge in [0, 0.05) is 31.9 Å². The molecule has 146 valence electrons. The van der Waals surface area contributed by atoms with Gasteiger partial charge in [0.15, 0.2) is 0 Å². The van der Waals surface area contributed by atoms with Crippen molar-refractivity contribution in [3.8, 4) is 0 Å². The van der Waals surface area contributed by atoms with E-state index in [9.17, 15) is 4.79 Å². The van der Waals surface area contributed by atoms with Crippen molar-refractivity contribution in [3.63, 3.8) is 0 Å². The monoisotopic (exact) mass is 359 g/mol. The third kappa shape index (κ3) is 5.82. The van der Waals surface area contributed by atoms with Crippen molar-refractivity contribution in [3.05, 3.63) is 28.8 Å². The highest BCUT2D eigenvalue weighted by Gasteiger charge is 2.26. The number of hydrogen-bond acceptors (Lipinski definition) is 3. The number of carbonyl (C=O) groups excluding carboxylic acids is 1. The summed E-state index contributed by atoms with van der Waals surface area (Å²) in [4.78, 5) is 17.6. The Morgan fingerprint density at radius 3 is 2.12 bits per heavy atom. The van der Waals surface area contributed by atoms with Gasteiger partial charge in [-0.25, -0.2) is 0 Å². The van der Waals surface area contributed by atoms with E-state index in [1.54, 1.807) is 0 Å². The molecule has 0 aliphatic carbocycles. The molecule has 1 unspecified atom stereocenters. The molecule has 0 bridgehead atoms. The van der Waals surface area contributed by atoms with Gasteiger partial charge < -0.3 is 10.2 Å². The van der Waals surface area contributed by atoms with Crippen LogP contribution in [0.2, 0.25) is 0 Å². The second-order valence-corrected chi connectivity index (χ2v) is 9.13. The third-order valence-electron chi connectivity index (χ3n) is 5.44. The van der Waals surface area contributed by atoms with E-state index in [-0.39, 0.29) is 11.9 Å². The summed E-state index contributed by atoms with van der Waals surface area (Å²) in [7, 11) is 0. The van der Waals surface area contributed by atoms with E-state index < -0.39 is 0 Å². The fraction of sp³-hybridized carbons (Fsp3) is 0.682. The van der Waals surface area contributed by atoms with E-state index in [4.69, 9.17) is 0 Å². The quantitative estimate of drug-likeness (QED) is 0.863. The molecule has 1 saturated heterocycles. The Morgan fingerprint density at radius 2 is 1.62 bits per heavy atom. The zero-order valence-corrected chi connectivity index (χ0v) is 17.8. The van der Waals surface area contributed by atoms with Crippen molar-refractivity contribution >= 4 is 11.6 Å². The number of anilines is 1. The van der Waals surface area contributed by atoms with Gasteiger partial charge in [0.1, 0.15) is 0 Å². The van der Waals surface area contributed by atoms with E-state index >= 15 is 0 Å². The number of rotatable bonds is 5. The lowest BCUT2D eigenvalue weighted by atomic mass is 9.92. The molecule has 0 aromatic heterocycles. The standard InChI is InChI=1S/C22H37N3O/c1-16-14-17(2)20(18(3)15-16)23-21(26)19(4)25-12-10-24(11-13-25)9-8-22(5,6)7/h14-15,19H,8-13H2,1-7H3,(H,23,26). The summed E-state index contributed by atoms with van der Waals surface area (Å²) in [5, 5.41) is 3.16. The first-order valence-electron chi connectivity index (χ1n) is 9.92. The van der Waals surface area contributed by atoms with Crippen LogP contribution < -0.4 is 5.32 Å². The first-order valence-corrected chi connectivity index (χ1v) is 9.92. The molecule has 0 saturated carbocycles. The molecule has 2 rings (SSSR count). The van der Waals surface area contributed by atoms with Gasteiger partial charge in [-0.3, -0.25) is 9.69 Å². The Kier molecular flexibility index (Phi) is 6.86. The predicted octanol–water partition coefficient (Wildman–Crippen LogP) is 3.99. The van der Waals surface area contributed by atoms with Gasteiger partial charge in [0.2, 0.25) is 5.91 Å².